The number of thioether (sulfide) groups is 1. The average Bonchev–Trinajstić information content (AvgIpc) is 2.67. The predicted molar refractivity (Wildman–Crippen MR) is 77.6 cm³/mol. The van der Waals surface area contributed by atoms with Crippen molar-refractivity contribution in [2.75, 3.05) is 23.9 Å². The zero-order valence-corrected chi connectivity index (χ0v) is 12.0. The van der Waals surface area contributed by atoms with E-state index >= 15 is 0 Å². The Kier molecular flexibility index (Phi) is 6.00. The normalized spacial score (nSPS) is 10.1. The lowest BCUT2D eigenvalue weighted by molar-refractivity contribution is 0.100. The first kappa shape index (κ1) is 14.8. The maximum atomic E-state index is 11.6. The summed E-state index contributed by atoms with van der Waals surface area (Å²) < 4.78 is 0. The maximum Gasteiger partial charge on any atom is 0.319 e. The highest BCUT2D eigenvalue weighted by molar-refractivity contribution is 7.98. The molecule has 0 aliphatic heterocycles. The van der Waals surface area contributed by atoms with E-state index in [0.29, 0.717) is 17.1 Å². The SMILES string of the molecule is CSCCCNC(=O)Nc1cc(C(N)=O)sc1C. The van der Waals surface area contributed by atoms with Crippen molar-refractivity contribution in [2.24, 2.45) is 5.73 Å². The molecule has 0 radical (unpaired) electrons. The zero-order valence-electron chi connectivity index (χ0n) is 10.4. The van der Waals surface area contributed by atoms with Crippen molar-refractivity contribution >= 4 is 40.7 Å². The van der Waals surface area contributed by atoms with Gasteiger partial charge in [-0.2, -0.15) is 11.8 Å². The maximum absolute atomic E-state index is 11.6. The summed E-state index contributed by atoms with van der Waals surface area (Å²) in [5.41, 5.74) is 5.82. The summed E-state index contributed by atoms with van der Waals surface area (Å²) >= 11 is 3.02. The number of rotatable bonds is 6. The van der Waals surface area contributed by atoms with Crippen molar-refractivity contribution < 1.29 is 9.59 Å². The van der Waals surface area contributed by atoms with Crippen LogP contribution < -0.4 is 16.4 Å². The fourth-order valence-corrected chi connectivity index (χ4v) is 2.57. The Bertz CT molecular complexity index is 432. The van der Waals surface area contributed by atoms with E-state index in [0.717, 1.165) is 17.1 Å². The molecular formula is C11H17N3O2S2. The summed E-state index contributed by atoms with van der Waals surface area (Å²) in [5.74, 6) is 0.542. The predicted octanol–water partition coefficient (Wildman–Crippen LogP) is 2.03. The molecule has 0 atom stereocenters. The van der Waals surface area contributed by atoms with Gasteiger partial charge < -0.3 is 16.4 Å². The standard InChI is InChI=1S/C11H17N3O2S2/c1-7-8(6-9(18-7)10(12)15)14-11(16)13-4-3-5-17-2/h6H,3-5H2,1-2H3,(H2,12,15)(H2,13,14,16). The first-order chi connectivity index (χ1) is 8.54. The lowest BCUT2D eigenvalue weighted by Crippen LogP contribution is -2.29. The highest BCUT2D eigenvalue weighted by Crippen LogP contribution is 2.25. The van der Waals surface area contributed by atoms with E-state index in [1.54, 1.807) is 17.8 Å². The molecule has 0 saturated carbocycles. The summed E-state index contributed by atoms with van der Waals surface area (Å²) in [6, 6.07) is 1.34. The van der Waals surface area contributed by atoms with Crippen molar-refractivity contribution in [2.45, 2.75) is 13.3 Å². The minimum absolute atomic E-state index is 0.256. The minimum Gasteiger partial charge on any atom is -0.365 e. The number of nitrogens with one attached hydrogen (secondary N) is 2. The average molecular weight is 287 g/mol. The summed E-state index contributed by atoms with van der Waals surface area (Å²) in [6.45, 7) is 2.47. The zero-order chi connectivity index (χ0) is 13.5. The number of primary amides is 1. The van der Waals surface area contributed by atoms with Crippen LogP contribution in [-0.2, 0) is 0 Å². The summed E-state index contributed by atoms with van der Waals surface area (Å²) in [6.07, 6.45) is 2.96. The molecule has 5 nitrogen and oxygen atoms in total. The van der Waals surface area contributed by atoms with Gasteiger partial charge in [-0.3, -0.25) is 4.79 Å². The van der Waals surface area contributed by atoms with Gasteiger partial charge in [0.05, 0.1) is 10.6 Å². The van der Waals surface area contributed by atoms with Gasteiger partial charge in [-0.1, -0.05) is 0 Å². The molecule has 0 fully saturated rings. The van der Waals surface area contributed by atoms with Crippen LogP contribution in [0.25, 0.3) is 0 Å². The molecule has 0 saturated heterocycles. The van der Waals surface area contributed by atoms with Crippen molar-refractivity contribution in [3.63, 3.8) is 0 Å². The fraction of sp³-hybridized carbons (Fsp3) is 0.455. The number of carbonyl (C=O) groups excluding carboxylic acids is 2. The van der Waals surface area contributed by atoms with E-state index in [-0.39, 0.29) is 6.03 Å². The van der Waals surface area contributed by atoms with Crippen LogP contribution in [0, 0.1) is 6.92 Å². The number of nitrogens with two attached hydrogens (primary N) is 1. The molecule has 18 heavy (non-hydrogen) atoms. The lowest BCUT2D eigenvalue weighted by Gasteiger charge is -2.06. The second-order valence-corrected chi connectivity index (χ2v) is 5.91. The van der Waals surface area contributed by atoms with Crippen molar-refractivity contribution in [3.05, 3.63) is 15.8 Å². The van der Waals surface area contributed by atoms with Gasteiger partial charge in [0.1, 0.15) is 0 Å². The van der Waals surface area contributed by atoms with Crippen LogP contribution in [0.1, 0.15) is 21.0 Å². The molecule has 1 aromatic rings. The molecule has 7 heteroatoms. The number of thiophene rings is 1. The molecular weight excluding hydrogens is 270 g/mol. The van der Waals surface area contributed by atoms with Crippen molar-refractivity contribution in [1.82, 2.24) is 5.32 Å². The molecule has 1 aromatic heterocycles. The molecule has 4 N–H and O–H groups in total. The Morgan fingerprint density at radius 3 is 2.78 bits per heavy atom. The molecule has 100 valence electrons. The van der Waals surface area contributed by atoms with Crippen molar-refractivity contribution in [3.8, 4) is 0 Å². The Balaban J connectivity index is 2.46. The van der Waals surface area contributed by atoms with Crippen LogP contribution in [0.4, 0.5) is 10.5 Å². The van der Waals surface area contributed by atoms with Gasteiger partial charge in [0.15, 0.2) is 0 Å². The lowest BCUT2D eigenvalue weighted by atomic mass is 10.3. The molecule has 0 unspecified atom stereocenters. The number of hydrogen-bond donors (Lipinski definition) is 3. The van der Waals surface area contributed by atoms with Gasteiger partial charge in [0.25, 0.3) is 5.91 Å². The largest absolute Gasteiger partial charge is 0.365 e. The second kappa shape index (κ2) is 7.27. The van der Waals surface area contributed by atoms with Gasteiger partial charge in [-0.05, 0) is 31.4 Å². The minimum atomic E-state index is -0.475. The highest BCUT2D eigenvalue weighted by Gasteiger charge is 2.11. The highest BCUT2D eigenvalue weighted by atomic mass is 32.2. The van der Waals surface area contributed by atoms with E-state index in [1.165, 1.54) is 11.3 Å². The van der Waals surface area contributed by atoms with Gasteiger partial charge in [0, 0.05) is 11.4 Å². The number of aryl methyl sites for hydroxylation is 1. The quantitative estimate of drug-likeness (QED) is 0.700. The summed E-state index contributed by atoms with van der Waals surface area (Å²) in [5, 5.41) is 5.46. The number of amides is 3. The first-order valence-electron chi connectivity index (χ1n) is 5.48. The Hall–Kier alpha value is -1.21. The van der Waals surface area contributed by atoms with E-state index in [9.17, 15) is 9.59 Å². The number of hydrogen-bond acceptors (Lipinski definition) is 4. The second-order valence-electron chi connectivity index (χ2n) is 3.67. The Labute approximate surface area is 115 Å². The van der Waals surface area contributed by atoms with E-state index < -0.39 is 5.91 Å². The molecule has 1 rings (SSSR count). The third-order valence-electron chi connectivity index (χ3n) is 2.22. The van der Waals surface area contributed by atoms with Crippen LogP contribution >= 0.6 is 23.1 Å². The van der Waals surface area contributed by atoms with Gasteiger partial charge in [-0.15, -0.1) is 11.3 Å². The van der Waals surface area contributed by atoms with Gasteiger partial charge in [0.2, 0.25) is 0 Å². The number of anilines is 1. The number of carbonyl (C=O) groups is 2. The third-order valence-corrected chi connectivity index (χ3v) is 3.98. The molecule has 0 aromatic carbocycles. The van der Waals surface area contributed by atoms with Gasteiger partial charge >= 0.3 is 6.03 Å². The monoisotopic (exact) mass is 287 g/mol. The molecule has 3 amide bonds. The molecule has 0 aliphatic carbocycles. The summed E-state index contributed by atoms with van der Waals surface area (Å²) in [4.78, 5) is 23.9. The van der Waals surface area contributed by atoms with Crippen LogP contribution in [0.3, 0.4) is 0 Å². The summed E-state index contributed by atoms with van der Waals surface area (Å²) in [7, 11) is 0. The fourth-order valence-electron chi connectivity index (χ4n) is 1.31. The Morgan fingerprint density at radius 2 is 2.22 bits per heavy atom. The van der Waals surface area contributed by atoms with Crippen LogP contribution in [0.5, 0.6) is 0 Å². The van der Waals surface area contributed by atoms with Gasteiger partial charge in [-0.25, -0.2) is 4.79 Å². The van der Waals surface area contributed by atoms with Crippen LogP contribution in [0.15, 0.2) is 6.07 Å². The molecule has 1 heterocycles. The van der Waals surface area contributed by atoms with Crippen LogP contribution in [0.2, 0.25) is 0 Å². The van der Waals surface area contributed by atoms with E-state index in [1.807, 2.05) is 13.2 Å². The number of urea groups is 1. The van der Waals surface area contributed by atoms with Crippen LogP contribution in [-0.4, -0.2) is 30.5 Å². The smallest absolute Gasteiger partial charge is 0.319 e. The Morgan fingerprint density at radius 1 is 1.50 bits per heavy atom. The third kappa shape index (κ3) is 4.58. The molecule has 0 bridgehead atoms. The first-order valence-corrected chi connectivity index (χ1v) is 7.69. The van der Waals surface area contributed by atoms with Crippen molar-refractivity contribution in [1.29, 1.82) is 0 Å². The molecule has 0 aliphatic rings. The van der Waals surface area contributed by atoms with E-state index in [4.69, 9.17) is 5.73 Å². The topological polar surface area (TPSA) is 84.2 Å². The molecule has 0 spiro atoms. The van der Waals surface area contributed by atoms with E-state index in [2.05, 4.69) is 10.6 Å².